The van der Waals surface area contributed by atoms with Crippen LogP contribution in [0.4, 0.5) is 0 Å². The predicted molar refractivity (Wildman–Crippen MR) is 136 cm³/mol. The van der Waals surface area contributed by atoms with Gasteiger partial charge in [-0.2, -0.15) is 4.72 Å². The maximum atomic E-state index is 13.8. The van der Waals surface area contributed by atoms with Crippen molar-refractivity contribution in [3.8, 4) is 0 Å². The molecule has 1 aliphatic heterocycles. The third kappa shape index (κ3) is 6.92. The SMILES string of the molecule is Cc1ccc(S(=O)(=O)N[C@H](Cc2c[nH]c3ccccc23)C(=O)N2CCOCCOCCOCC2)cc1. The number of hydrogen-bond acceptors (Lipinski definition) is 6. The summed E-state index contributed by atoms with van der Waals surface area (Å²) in [6, 6.07) is 13.3. The first-order valence-corrected chi connectivity index (χ1v) is 13.6. The number of hydrogen-bond donors (Lipinski definition) is 2. The Bertz CT molecular complexity index is 1230. The first-order chi connectivity index (χ1) is 17.4. The molecule has 1 amide bonds. The van der Waals surface area contributed by atoms with Crippen molar-refractivity contribution in [2.75, 3.05) is 52.7 Å². The van der Waals surface area contributed by atoms with E-state index in [-0.39, 0.29) is 17.2 Å². The Kier molecular flexibility index (Phi) is 9.11. The first-order valence-electron chi connectivity index (χ1n) is 12.1. The van der Waals surface area contributed by atoms with Crippen molar-refractivity contribution in [1.29, 1.82) is 0 Å². The summed E-state index contributed by atoms with van der Waals surface area (Å²) in [6.07, 6.45) is 2.02. The van der Waals surface area contributed by atoms with Gasteiger partial charge >= 0.3 is 0 Å². The Balaban J connectivity index is 1.60. The van der Waals surface area contributed by atoms with E-state index >= 15 is 0 Å². The molecule has 0 bridgehead atoms. The summed E-state index contributed by atoms with van der Waals surface area (Å²) in [5.74, 6) is -0.323. The van der Waals surface area contributed by atoms with Crippen molar-refractivity contribution in [2.45, 2.75) is 24.3 Å². The van der Waals surface area contributed by atoms with Crippen molar-refractivity contribution in [3.05, 3.63) is 65.9 Å². The molecule has 1 fully saturated rings. The van der Waals surface area contributed by atoms with E-state index in [1.165, 1.54) is 0 Å². The highest BCUT2D eigenvalue weighted by atomic mass is 32.2. The average molecular weight is 516 g/mol. The zero-order valence-corrected chi connectivity index (χ0v) is 21.3. The van der Waals surface area contributed by atoms with Gasteiger partial charge in [-0.3, -0.25) is 4.79 Å². The molecular weight excluding hydrogens is 482 g/mol. The van der Waals surface area contributed by atoms with Gasteiger partial charge in [0.25, 0.3) is 0 Å². The second-order valence-electron chi connectivity index (χ2n) is 8.71. The number of aromatic nitrogens is 1. The number of sulfonamides is 1. The van der Waals surface area contributed by atoms with Gasteiger partial charge in [0.15, 0.2) is 0 Å². The molecule has 2 heterocycles. The number of benzene rings is 2. The maximum Gasteiger partial charge on any atom is 0.241 e. The van der Waals surface area contributed by atoms with Crippen LogP contribution in [0.15, 0.2) is 59.6 Å². The van der Waals surface area contributed by atoms with Gasteiger partial charge in [-0.05, 0) is 37.1 Å². The molecular formula is C26H33N3O6S. The Morgan fingerprint density at radius 2 is 1.56 bits per heavy atom. The molecule has 36 heavy (non-hydrogen) atoms. The fourth-order valence-electron chi connectivity index (χ4n) is 4.12. The molecule has 10 heteroatoms. The molecule has 194 valence electrons. The number of carbonyl (C=O) groups is 1. The molecule has 4 rings (SSSR count). The summed E-state index contributed by atoms with van der Waals surface area (Å²) in [5, 5.41) is 0.949. The number of nitrogens with zero attached hydrogens (tertiary/aromatic N) is 1. The molecule has 0 unspecified atom stereocenters. The zero-order chi connectivity index (χ0) is 25.4. The molecule has 0 saturated carbocycles. The lowest BCUT2D eigenvalue weighted by Gasteiger charge is -2.28. The lowest BCUT2D eigenvalue weighted by Crippen LogP contribution is -2.51. The molecule has 1 atom stereocenters. The number of carbonyl (C=O) groups excluding carboxylic acids is 1. The standard InChI is InChI=1S/C26H33N3O6S/c1-20-6-8-22(9-7-20)36(31,32)28-25(18-21-19-27-24-5-3-2-4-23(21)24)26(30)29-10-12-33-14-16-35-17-15-34-13-11-29/h2-9,19,25,27-28H,10-18H2,1H3/t25-/m1/s1. The van der Waals surface area contributed by atoms with Gasteiger partial charge in [0.2, 0.25) is 15.9 Å². The van der Waals surface area contributed by atoms with Crippen LogP contribution in [0.2, 0.25) is 0 Å². The Hall–Kier alpha value is -2.76. The topological polar surface area (TPSA) is 110 Å². The molecule has 2 N–H and O–H groups in total. The summed E-state index contributed by atoms with van der Waals surface area (Å²) in [6.45, 7) is 4.91. The van der Waals surface area contributed by atoms with Crippen LogP contribution in [0.1, 0.15) is 11.1 Å². The van der Waals surface area contributed by atoms with E-state index in [2.05, 4.69) is 9.71 Å². The number of aromatic amines is 1. The lowest BCUT2D eigenvalue weighted by atomic mass is 10.0. The van der Waals surface area contributed by atoms with Crippen molar-refractivity contribution < 1.29 is 27.4 Å². The summed E-state index contributed by atoms with van der Waals surface area (Å²) in [5.41, 5.74) is 2.73. The Morgan fingerprint density at radius 1 is 0.944 bits per heavy atom. The summed E-state index contributed by atoms with van der Waals surface area (Å²) in [7, 11) is -3.94. The van der Waals surface area contributed by atoms with Gasteiger partial charge in [0, 0.05) is 30.2 Å². The average Bonchev–Trinajstić information content (AvgIpc) is 3.26. The first kappa shape index (κ1) is 26.3. The number of nitrogens with one attached hydrogen (secondary N) is 2. The second-order valence-corrected chi connectivity index (χ2v) is 10.4. The van der Waals surface area contributed by atoms with Gasteiger partial charge in [-0.1, -0.05) is 35.9 Å². The number of ether oxygens (including phenoxy) is 3. The van der Waals surface area contributed by atoms with Crippen molar-refractivity contribution in [1.82, 2.24) is 14.6 Å². The minimum Gasteiger partial charge on any atom is -0.377 e. The fourth-order valence-corrected chi connectivity index (χ4v) is 5.31. The number of para-hydroxylation sites is 1. The number of amides is 1. The highest BCUT2D eigenvalue weighted by Crippen LogP contribution is 2.21. The van der Waals surface area contributed by atoms with E-state index in [4.69, 9.17) is 14.2 Å². The van der Waals surface area contributed by atoms with Crippen molar-refractivity contribution in [3.63, 3.8) is 0 Å². The highest BCUT2D eigenvalue weighted by molar-refractivity contribution is 7.89. The van der Waals surface area contributed by atoms with E-state index < -0.39 is 16.1 Å². The molecule has 0 radical (unpaired) electrons. The largest absolute Gasteiger partial charge is 0.377 e. The van der Waals surface area contributed by atoms with Crippen LogP contribution < -0.4 is 4.72 Å². The van der Waals surface area contributed by atoms with Gasteiger partial charge in [-0.25, -0.2) is 8.42 Å². The number of H-pyrrole nitrogens is 1. The summed E-state index contributed by atoms with van der Waals surface area (Å²) >= 11 is 0. The van der Waals surface area contributed by atoms with E-state index in [0.717, 1.165) is 22.0 Å². The van der Waals surface area contributed by atoms with E-state index in [1.807, 2.05) is 37.4 Å². The summed E-state index contributed by atoms with van der Waals surface area (Å²) in [4.78, 5) is 18.7. The second kappa shape index (κ2) is 12.5. The van der Waals surface area contributed by atoms with Gasteiger partial charge in [-0.15, -0.1) is 0 Å². The van der Waals surface area contributed by atoms with Crippen LogP contribution in [0.5, 0.6) is 0 Å². The molecule has 0 aliphatic carbocycles. The van der Waals surface area contributed by atoms with E-state index in [0.29, 0.717) is 52.7 Å². The van der Waals surface area contributed by atoms with Crippen LogP contribution in [-0.4, -0.2) is 83.0 Å². The van der Waals surface area contributed by atoms with Crippen LogP contribution in [0.25, 0.3) is 10.9 Å². The molecule has 2 aromatic carbocycles. The molecule has 1 aromatic heterocycles. The Labute approximate surface area is 211 Å². The van der Waals surface area contributed by atoms with E-state index in [9.17, 15) is 13.2 Å². The van der Waals surface area contributed by atoms with Gasteiger partial charge in [0.1, 0.15) is 6.04 Å². The molecule has 0 spiro atoms. The van der Waals surface area contributed by atoms with Crippen molar-refractivity contribution in [2.24, 2.45) is 0 Å². The highest BCUT2D eigenvalue weighted by Gasteiger charge is 2.30. The monoisotopic (exact) mass is 515 g/mol. The smallest absolute Gasteiger partial charge is 0.241 e. The normalized spacial score (nSPS) is 17.3. The minimum absolute atomic E-state index is 0.116. The number of aryl methyl sites for hydroxylation is 1. The summed E-state index contributed by atoms with van der Waals surface area (Å²) < 4.78 is 45.9. The van der Waals surface area contributed by atoms with Crippen LogP contribution in [0, 0.1) is 6.92 Å². The number of rotatable bonds is 6. The van der Waals surface area contributed by atoms with Crippen LogP contribution >= 0.6 is 0 Å². The van der Waals surface area contributed by atoms with E-state index in [1.54, 1.807) is 29.2 Å². The molecule has 1 aliphatic rings. The lowest BCUT2D eigenvalue weighted by molar-refractivity contribution is -0.135. The van der Waals surface area contributed by atoms with Crippen LogP contribution in [-0.2, 0) is 35.4 Å². The molecule has 1 saturated heterocycles. The number of fused-ring (bicyclic) bond motifs is 1. The zero-order valence-electron chi connectivity index (χ0n) is 20.4. The maximum absolute atomic E-state index is 13.8. The predicted octanol–water partition coefficient (Wildman–Crippen LogP) is 2.26. The fraction of sp³-hybridized carbons (Fsp3) is 0.423. The van der Waals surface area contributed by atoms with Gasteiger partial charge < -0.3 is 24.1 Å². The minimum atomic E-state index is -3.94. The van der Waals surface area contributed by atoms with Crippen LogP contribution in [0.3, 0.4) is 0 Å². The van der Waals surface area contributed by atoms with Gasteiger partial charge in [0.05, 0.1) is 44.5 Å². The Morgan fingerprint density at radius 3 is 2.22 bits per heavy atom. The third-order valence-corrected chi connectivity index (χ3v) is 7.58. The van der Waals surface area contributed by atoms with Crippen molar-refractivity contribution >= 4 is 26.8 Å². The third-order valence-electron chi connectivity index (χ3n) is 6.09. The molecule has 3 aromatic rings. The molecule has 9 nitrogen and oxygen atoms in total. The quantitative estimate of drug-likeness (QED) is 0.521.